The Labute approximate surface area is 119 Å². The highest BCUT2D eigenvalue weighted by Gasteiger charge is 2.30. The van der Waals surface area contributed by atoms with Crippen LogP contribution in [0.3, 0.4) is 0 Å². The van der Waals surface area contributed by atoms with Crippen LogP contribution < -0.4 is 10.6 Å². The number of nitrogens with zero attached hydrogens (tertiary/aromatic N) is 1. The minimum atomic E-state index is -2.92. The molecule has 6 heteroatoms. The molecule has 1 aliphatic rings. The van der Waals surface area contributed by atoms with Crippen molar-refractivity contribution in [2.75, 3.05) is 29.5 Å². The zero-order valence-electron chi connectivity index (χ0n) is 11.0. The molecule has 1 aromatic rings. The SMILES string of the molecule is CC1CS(=O)(=O)CCN1c1c(Cl)cccc1CCN. The number of nitrogens with two attached hydrogens (primary N) is 1. The van der Waals surface area contributed by atoms with E-state index in [-0.39, 0.29) is 17.5 Å². The highest BCUT2D eigenvalue weighted by Crippen LogP contribution is 2.33. The molecule has 0 saturated carbocycles. The number of anilines is 1. The Hall–Kier alpha value is -0.780. The Kier molecular flexibility index (Phi) is 4.38. The third-order valence-electron chi connectivity index (χ3n) is 3.44. The molecule has 106 valence electrons. The monoisotopic (exact) mass is 302 g/mol. The number of halogens is 1. The third kappa shape index (κ3) is 3.22. The van der Waals surface area contributed by atoms with Gasteiger partial charge in [-0.15, -0.1) is 0 Å². The molecular weight excluding hydrogens is 284 g/mol. The number of hydrogen-bond acceptors (Lipinski definition) is 4. The smallest absolute Gasteiger partial charge is 0.154 e. The summed E-state index contributed by atoms with van der Waals surface area (Å²) in [5.74, 6) is 0.366. The highest BCUT2D eigenvalue weighted by molar-refractivity contribution is 7.91. The zero-order valence-corrected chi connectivity index (χ0v) is 12.5. The minimum Gasteiger partial charge on any atom is -0.365 e. The molecule has 0 amide bonds. The van der Waals surface area contributed by atoms with Crippen LogP contribution in [0.1, 0.15) is 12.5 Å². The summed E-state index contributed by atoms with van der Waals surface area (Å²) in [5.41, 5.74) is 7.66. The topological polar surface area (TPSA) is 63.4 Å². The van der Waals surface area contributed by atoms with Crippen molar-refractivity contribution in [1.29, 1.82) is 0 Å². The van der Waals surface area contributed by atoms with Gasteiger partial charge in [0.25, 0.3) is 0 Å². The Morgan fingerprint density at radius 3 is 2.84 bits per heavy atom. The largest absolute Gasteiger partial charge is 0.365 e. The first kappa shape index (κ1) is 14.6. The summed E-state index contributed by atoms with van der Waals surface area (Å²) in [7, 11) is -2.92. The Morgan fingerprint density at radius 1 is 1.47 bits per heavy atom. The lowest BCUT2D eigenvalue weighted by molar-refractivity contribution is 0.568. The molecule has 1 fully saturated rings. The minimum absolute atomic E-state index is 0.0600. The van der Waals surface area contributed by atoms with Crippen LogP contribution in [0, 0.1) is 0 Å². The van der Waals surface area contributed by atoms with Crippen molar-refractivity contribution < 1.29 is 8.42 Å². The third-order valence-corrected chi connectivity index (χ3v) is 5.54. The van der Waals surface area contributed by atoms with Gasteiger partial charge in [-0.3, -0.25) is 0 Å². The summed E-state index contributed by atoms with van der Waals surface area (Å²) in [5, 5.41) is 0.664. The number of sulfone groups is 1. The van der Waals surface area contributed by atoms with Gasteiger partial charge >= 0.3 is 0 Å². The van der Waals surface area contributed by atoms with Crippen LogP contribution in [-0.2, 0) is 16.3 Å². The first-order valence-electron chi connectivity index (χ1n) is 6.39. The number of para-hydroxylation sites is 1. The van der Waals surface area contributed by atoms with Gasteiger partial charge in [0.15, 0.2) is 9.84 Å². The summed E-state index contributed by atoms with van der Waals surface area (Å²) < 4.78 is 23.3. The lowest BCUT2D eigenvalue weighted by Gasteiger charge is -2.37. The van der Waals surface area contributed by atoms with Crippen LogP contribution in [0.5, 0.6) is 0 Å². The molecule has 0 aromatic heterocycles. The van der Waals surface area contributed by atoms with Crippen molar-refractivity contribution >= 4 is 27.1 Å². The van der Waals surface area contributed by atoms with Crippen molar-refractivity contribution in [3.63, 3.8) is 0 Å². The molecule has 0 aliphatic carbocycles. The van der Waals surface area contributed by atoms with Crippen LogP contribution in [0.15, 0.2) is 18.2 Å². The van der Waals surface area contributed by atoms with Crippen molar-refractivity contribution in [3.05, 3.63) is 28.8 Å². The predicted octanol–water partition coefficient (Wildman–Crippen LogP) is 1.46. The van der Waals surface area contributed by atoms with Crippen LogP contribution in [0.25, 0.3) is 0 Å². The Bertz CT molecular complexity index is 560. The van der Waals surface area contributed by atoms with Gasteiger partial charge in [0.2, 0.25) is 0 Å². The van der Waals surface area contributed by atoms with Crippen LogP contribution >= 0.6 is 11.6 Å². The summed E-state index contributed by atoms with van der Waals surface area (Å²) in [4.78, 5) is 2.09. The number of hydrogen-bond donors (Lipinski definition) is 1. The van der Waals surface area contributed by atoms with E-state index >= 15 is 0 Å². The maximum absolute atomic E-state index is 11.7. The van der Waals surface area contributed by atoms with Gasteiger partial charge in [-0.05, 0) is 31.5 Å². The molecule has 0 bridgehead atoms. The van der Waals surface area contributed by atoms with Crippen molar-refractivity contribution in [2.45, 2.75) is 19.4 Å². The van der Waals surface area contributed by atoms with Gasteiger partial charge in [0, 0.05) is 12.6 Å². The highest BCUT2D eigenvalue weighted by atomic mass is 35.5. The maximum atomic E-state index is 11.7. The standard InChI is InChI=1S/C13H19ClN2O2S/c1-10-9-19(17,18)8-7-16(10)13-11(5-6-15)3-2-4-12(13)14/h2-4,10H,5-9,15H2,1H3. The first-order valence-corrected chi connectivity index (χ1v) is 8.59. The average molecular weight is 303 g/mol. The van der Waals surface area contributed by atoms with Gasteiger partial charge in [-0.1, -0.05) is 23.7 Å². The molecule has 1 aliphatic heterocycles. The van der Waals surface area contributed by atoms with E-state index in [1.54, 1.807) is 0 Å². The fourth-order valence-corrected chi connectivity index (χ4v) is 4.43. The van der Waals surface area contributed by atoms with Gasteiger partial charge in [-0.25, -0.2) is 8.42 Å². The van der Waals surface area contributed by atoms with E-state index in [2.05, 4.69) is 4.90 Å². The molecule has 4 nitrogen and oxygen atoms in total. The van der Waals surface area contributed by atoms with E-state index in [4.69, 9.17) is 17.3 Å². The van der Waals surface area contributed by atoms with Crippen LogP contribution in [-0.4, -0.2) is 39.1 Å². The second-order valence-corrected chi connectivity index (χ2v) is 7.58. The fourth-order valence-electron chi connectivity index (χ4n) is 2.57. The Balaban J connectivity index is 2.36. The van der Waals surface area contributed by atoms with Gasteiger partial charge in [0.05, 0.1) is 22.2 Å². The van der Waals surface area contributed by atoms with E-state index in [1.807, 2.05) is 25.1 Å². The summed E-state index contributed by atoms with van der Waals surface area (Å²) >= 11 is 6.30. The molecule has 0 spiro atoms. The lowest BCUT2D eigenvalue weighted by atomic mass is 10.1. The molecular formula is C13H19ClN2O2S. The Morgan fingerprint density at radius 2 is 2.21 bits per heavy atom. The fraction of sp³-hybridized carbons (Fsp3) is 0.538. The molecule has 1 atom stereocenters. The van der Waals surface area contributed by atoms with Crippen molar-refractivity contribution in [2.24, 2.45) is 5.73 Å². The van der Waals surface area contributed by atoms with E-state index in [0.717, 1.165) is 17.7 Å². The molecule has 2 rings (SSSR count). The summed E-state index contributed by atoms with van der Waals surface area (Å²) in [6, 6.07) is 5.69. The van der Waals surface area contributed by atoms with E-state index < -0.39 is 9.84 Å². The van der Waals surface area contributed by atoms with Crippen LogP contribution in [0.4, 0.5) is 5.69 Å². The number of benzene rings is 1. The molecule has 1 saturated heterocycles. The van der Waals surface area contributed by atoms with Gasteiger partial charge < -0.3 is 10.6 Å². The molecule has 1 aromatic carbocycles. The van der Waals surface area contributed by atoms with Crippen molar-refractivity contribution in [3.8, 4) is 0 Å². The van der Waals surface area contributed by atoms with Crippen molar-refractivity contribution in [1.82, 2.24) is 0 Å². The number of rotatable bonds is 3. The van der Waals surface area contributed by atoms with E-state index in [1.165, 1.54) is 0 Å². The van der Waals surface area contributed by atoms with Gasteiger partial charge in [-0.2, -0.15) is 0 Å². The first-order chi connectivity index (χ1) is 8.94. The lowest BCUT2D eigenvalue weighted by Crippen LogP contribution is -2.47. The normalized spacial score (nSPS) is 22.5. The molecule has 2 N–H and O–H groups in total. The second kappa shape index (κ2) is 5.69. The van der Waals surface area contributed by atoms with E-state index in [0.29, 0.717) is 18.1 Å². The zero-order chi connectivity index (χ0) is 14.0. The summed E-state index contributed by atoms with van der Waals surface area (Å²) in [6.07, 6.45) is 0.742. The van der Waals surface area contributed by atoms with Gasteiger partial charge in [0.1, 0.15) is 0 Å². The molecule has 0 radical (unpaired) electrons. The quantitative estimate of drug-likeness (QED) is 0.918. The molecule has 1 heterocycles. The predicted molar refractivity (Wildman–Crippen MR) is 79.7 cm³/mol. The summed E-state index contributed by atoms with van der Waals surface area (Å²) in [6.45, 7) is 2.96. The average Bonchev–Trinajstić information content (AvgIpc) is 2.31. The second-order valence-electron chi connectivity index (χ2n) is 4.94. The maximum Gasteiger partial charge on any atom is 0.154 e. The van der Waals surface area contributed by atoms with Crippen LogP contribution in [0.2, 0.25) is 5.02 Å². The van der Waals surface area contributed by atoms with E-state index in [9.17, 15) is 8.42 Å². The molecule has 1 unspecified atom stereocenters. The molecule has 19 heavy (non-hydrogen) atoms.